The van der Waals surface area contributed by atoms with Gasteiger partial charge in [-0.3, -0.25) is 9.59 Å². The Kier molecular flexibility index (Phi) is 10.1. The Balaban J connectivity index is 1.14. The molecule has 3 aliphatic heterocycles. The fourth-order valence-corrected chi connectivity index (χ4v) is 6.35. The molecule has 47 heavy (non-hydrogen) atoms. The number of ether oxygens (including phenoxy) is 1. The first kappa shape index (κ1) is 32.5. The minimum Gasteiger partial charge on any atom is -0.378 e. The number of ketones is 1. The Morgan fingerprint density at radius 1 is 0.745 bits per heavy atom. The van der Waals surface area contributed by atoms with E-state index < -0.39 is 0 Å². The number of para-hydroxylation sites is 2. The van der Waals surface area contributed by atoms with Gasteiger partial charge < -0.3 is 53.0 Å². The number of morpholine rings is 1. The Labute approximate surface area is 274 Å². The minimum absolute atomic E-state index is 0.0983. The first-order valence-corrected chi connectivity index (χ1v) is 16.1. The molecule has 3 saturated heterocycles. The lowest BCUT2D eigenvalue weighted by Crippen LogP contribution is -2.54. The molecular formula is C32H44N12O3. The van der Waals surface area contributed by atoms with E-state index in [1.54, 1.807) is 24.3 Å². The molecule has 3 fully saturated rings. The number of rotatable bonds is 9. The molecule has 1 amide bonds. The van der Waals surface area contributed by atoms with E-state index in [2.05, 4.69) is 15.5 Å². The van der Waals surface area contributed by atoms with Crippen molar-refractivity contribution in [2.24, 2.45) is 22.9 Å². The number of amides is 1. The molecule has 0 spiro atoms. The molecule has 4 atom stereocenters. The molecule has 0 radical (unpaired) electrons. The quantitative estimate of drug-likeness (QED) is 0.137. The number of piperidine rings is 2. The maximum atomic E-state index is 13.1. The van der Waals surface area contributed by atoms with E-state index in [4.69, 9.17) is 42.6 Å². The van der Waals surface area contributed by atoms with Crippen LogP contribution in [0.1, 0.15) is 29.6 Å². The van der Waals surface area contributed by atoms with Gasteiger partial charge in [0.1, 0.15) is 0 Å². The van der Waals surface area contributed by atoms with Crippen molar-refractivity contribution in [1.82, 2.24) is 15.0 Å². The van der Waals surface area contributed by atoms with Gasteiger partial charge in [0.05, 0.1) is 31.0 Å². The molecule has 2 aromatic carbocycles. The van der Waals surface area contributed by atoms with E-state index in [1.165, 1.54) is 0 Å². The molecular weight excluding hydrogens is 600 g/mol. The van der Waals surface area contributed by atoms with Crippen molar-refractivity contribution in [1.29, 1.82) is 0 Å². The van der Waals surface area contributed by atoms with Crippen molar-refractivity contribution >= 4 is 46.6 Å². The Hall–Kier alpha value is -4.41. The van der Waals surface area contributed by atoms with Gasteiger partial charge in [0.2, 0.25) is 23.8 Å². The number of hydrogen-bond acceptors (Lipinski definition) is 14. The maximum absolute atomic E-state index is 13.1. The first-order chi connectivity index (χ1) is 22.7. The number of carbonyl (C=O) groups is 2. The number of carbonyl (C=O) groups excluding carboxylic acids is 2. The van der Waals surface area contributed by atoms with E-state index in [-0.39, 0.29) is 42.3 Å². The molecule has 0 saturated carbocycles. The Morgan fingerprint density at radius 3 is 1.87 bits per heavy atom. The van der Waals surface area contributed by atoms with Crippen LogP contribution in [-0.4, -0.2) is 103 Å². The van der Waals surface area contributed by atoms with E-state index in [1.807, 2.05) is 34.1 Å². The smallest absolute Gasteiger partial charge is 0.233 e. The predicted octanol–water partition coefficient (Wildman–Crippen LogP) is 0.393. The van der Waals surface area contributed by atoms with Crippen LogP contribution in [0.15, 0.2) is 48.5 Å². The third-order valence-electron chi connectivity index (χ3n) is 8.52. The van der Waals surface area contributed by atoms with Crippen molar-refractivity contribution in [3.63, 3.8) is 0 Å². The van der Waals surface area contributed by atoms with Gasteiger partial charge >= 0.3 is 0 Å². The van der Waals surface area contributed by atoms with Gasteiger partial charge in [-0.1, -0.05) is 12.1 Å². The van der Waals surface area contributed by atoms with Crippen LogP contribution in [0.5, 0.6) is 0 Å². The summed E-state index contributed by atoms with van der Waals surface area (Å²) >= 11 is 0. The molecule has 3 aromatic rings. The van der Waals surface area contributed by atoms with E-state index in [0.717, 1.165) is 31.6 Å². The van der Waals surface area contributed by atoms with Crippen LogP contribution in [0, 0.1) is 0 Å². The number of nitrogens with one attached hydrogen (secondary N) is 2. The van der Waals surface area contributed by atoms with Crippen LogP contribution in [0.2, 0.25) is 0 Å². The summed E-state index contributed by atoms with van der Waals surface area (Å²) in [5.74, 6) is 0.575. The second-order valence-electron chi connectivity index (χ2n) is 12.5. The Morgan fingerprint density at radius 2 is 1.30 bits per heavy atom. The number of nitrogens with zero attached hydrogens (tertiary/aromatic N) is 6. The van der Waals surface area contributed by atoms with Crippen LogP contribution in [0.3, 0.4) is 0 Å². The molecule has 250 valence electrons. The number of benzene rings is 2. The summed E-state index contributed by atoms with van der Waals surface area (Å²) in [5, 5.41) is 6.15. The predicted molar refractivity (Wildman–Crippen MR) is 182 cm³/mol. The second-order valence-corrected chi connectivity index (χ2v) is 12.5. The third kappa shape index (κ3) is 8.31. The standard InChI is InChI=1S/C32H44N12O3/c33-21-13-22(34)17-43(16-21)31-39-30(40-32(41-31)44-18-23(35)14-24(36)19-44)37-25-7-5-20(6-8-25)28(45)15-29(46)38-26-3-1-2-4-27(26)42-9-11-47-12-10-42/h1-8,21-24H,9-19,33-36H2,(H,38,46)(H,37,39,40,41)/t21-,22+,23-,24+. The molecule has 3 aliphatic rings. The van der Waals surface area contributed by atoms with Gasteiger partial charge in [-0.15, -0.1) is 0 Å². The normalized spacial score (nSPS) is 23.4. The van der Waals surface area contributed by atoms with Crippen molar-refractivity contribution in [2.75, 3.05) is 77.8 Å². The zero-order valence-corrected chi connectivity index (χ0v) is 26.4. The second kappa shape index (κ2) is 14.6. The number of aromatic nitrogens is 3. The summed E-state index contributed by atoms with van der Waals surface area (Å²) in [6.45, 7) is 5.01. The lowest BCUT2D eigenvalue weighted by molar-refractivity contribution is -0.115. The van der Waals surface area contributed by atoms with Gasteiger partial charge in [0.15, 0.2) is 5.78 Å². The summed E-state index contributed by atoms with van der Waals surface area (Å²) < 4.78 is 5.45. The zero-order valence-electron chi connectivity index (χ0n) is 26.4. The molecule has 10 N–H and O–H groups in total. The maximum Gasteiger partial charge on any atom is 0.233 e. The fourth-order valence-electron chi connectivity index (χ4n) is 6.35. The fraction of sp³-hybridized carbons (Fsp3) is 0.469. The van der Waals surface area contributed by atoms with Crippen LogP contribution < -0.4 is 48.3 Å². The largest absolute Gasteiger partial charge is 0.378 e. The van der Waals surface area contributed by atoms with E-state index >= 15 is 0 Å². The molecule has 6 rings (SSSR count). The summed E-state index contributed by atoms with van der Waals surface area (Å²) in [4.78, 5) is 46.2. The van der Waals surface area contributed by atoms with Crippen LogP contribution in [-0.2, 0) is 9.53 Å². The number of Topliss-reactive ketones (excluding diaryl/α,β-unsaturated/α-hetero) is 1. The lowest BCUT2D eigenvalue weighted by atomic mass is 10.0. The highest BCUT2D eigenvalue weighted by atomic mass is 16.5. The van der Waals surface area contributed by atoms with Gasteiger partial charge in [0, 0.05) is 74.7 Å². The number of anilines is 6. The molecule has 0 bridgehead atoms. The van der Waals surface area contributed by atoms with Gasteiger partial charge in [0.25, 0.3) is 0 Å². The highest BCUT2D eigenvalue weighted by Crippen LogP contribution is 2.27. The van der Waals surface area contributed by atoms with Crippen molar-refractivity contribution in [2.45, 2.75) is 43.4 Å². The topological polar surface area (TPSA) is 220 Å². The number of nitrogens with two attached hydrogens (primary N) is 4. The number of hydrogen-bond donors (Lipinski definition) is 6. The van der Waals surface area contributed by atoms with Crippen molar-refractivity contribution in [3.8, 4) is 0 Å². The van der Waals surface area contributed by atoms with E-state index in [9.17, 15) is 9.59 Å². The minimum atomic E-state index is -0.377. The molecule has 0 unspecified atom stereocenters. The summed E-state index contributed by atoms with van der Waals surface area (Å²) in [5.41, 5.74) is 27.7. The average Bonchev–Trinajstić information content (AvgIpc) is 3.04. The van der Waals surface area contributed by atoms with Crippen LogP contribution in [0.4, 0.5) is 34.9 Å². The third-order valence-corrected chi connectivity index (χ3v) is 8.52. The lowest BCUT2D eigenvalue weighted by Gasteiger charge is -2.37. The summed E-state index contributed by atoms with van der Waals surface area (Å²) in [7, 11) is 0. The van der Waals surface area contributed by atoms with Crippen molar-refractivity contribution < 1.29 is 14.3 Å². The van der Waals surface area contributed by atoms with Crippen molar-refractivity contribution in [3.05, 3.63) is 54.1 Å². The van der Waals surface area contributed by atoms with Gasteiger partial charge in [-0.25, -0.2) is 0 Å². The first-order valence-electron chi connectivity index (χ1n) is 16.1. The highest BCUT2D eigenvalue weighted by molar-refractivity contribution is 6.11. The summed E-state index contributed by atoms with van der Waals surface area (Å²) in [6, 6.07) is 14.0. The SMILES string of the molecule is N[C@@H]1C[C@H](N)CN(c2nc(Nc3ccc(C(=O)CC(=O)Nc4ccccc4N4CCOCC4)cc3)nc(N3C[C@H](N)C[C@H](N)C3)n2)C1. The van der Waals surface area contributed by atoms with Gasteiger partial charge in [-0.2, -0.15) is 15.0 Å². The molecule has 15 heteroatoms. The van der Waals surface area contributed by atoms with E-state index in [0.29, 0.717) is 74.2 Å². The summed E-state index contributed by atoms with van der Waals surface area (Å²) in [6.07, 6.45) is 1.16. The molecule has 15 nitrogen and oxygen atoms in total. The van der Waals surface area contributed by atoms with Gasteiger partial charge in [-0.05, 0) is 49.2 Å². The monoisotopic (exact) mass is 644 g/mol. The molecule has 4 heterocycles. The zero-order chi connectivity index (χ0) is 32.9. The molecule has 1 aromatic heterocycles. The Bertz CT molecular complexity index is 1490. The van der Waals surface area contributed by atoms with Crippen LogP contribution in [0.25, 0.3) is 0 Å². The highest BCUT2D eigenvalue weighted by Gasteiger charge is 2.29. The molecule has 0 aliphatic carbocycles. The van der Waals surface area contributed by atoms with Crippen LogP contribution >= 0.6 is 0 Å². The average molecular weight is 645 g/mol.